The molecule has 1 aromatic carbocycles. The maximum atomic E-state index is 5.85. The van der Waals surface area contributed by atoms with E-state index in [0.29, 0.717) is 0 Å². The van der Waals surface area contributed by atoms with Crippen molar-refractivity contribution in [2.24, 2.45) is 5.92 Å². The molecule has 2 aromatic rings. The maximum absolute atomic E-state index is 5.85. The summed E-state index contributed by atoms with van der Waals surface area (Å²) in [7, 11) is 0. The number of nitrogens with zero attached hydrogens (tertiary/aromatic N) is 3. The third-order valence-corrected chi connectivity index (χ3v) is 5.28. The van der Waals surface area contributed by atoms with Crippen LogP contribution in [0.2, 0.25) is 0 Å². The molecule has 0 spiro atoms. The standard InChI is InChI=1S/C19H25N3OS/c1-24-18-7-5-17(6-8-18)23-15-2-4-16-9-13-22(14-10-16)19-20-11-3-12-21-19/h3,5-8,11-12,16H,2,4,9-10,13-15H2,1H3. The zero-order valence-corrected chi connectivity index (χ0v) is 15.0. The molecule has 0 aliphatic carbocycles. The molecule has 1 aromatic heterocycles. The van der Waals surface area contributed by atoms with E-state index < -0.39 is 0 Å². The number of thioether (sulfide) groups is 1. The zero-order chi connectivity index (χ0) is 16.6. The number of piperidine rings is 1. The normalized spacial score (nSPS) is 15.5. The molecule has 24 heavy (non-hydrogen) atoms. The molecule has 5 heteroatoms. The lowest BCUT2D eigenvalue weighted by atomic mass is 9.92. The van der Waals surface area contributed by atoms with Crippen LogP contribution in [0.4, 0.5) is 5.95 Å². The van der Waals surface area contributed by atoms with Crippen molar-refractivity contribution in [1.82, 2.24) is 9.97 Å². The minimum atomic E-state index is 0.799. The summed E-state index contributed by atoms with van der Waals surface area (Å²) in [5.41, 5.74) is 0. The highest BCUT2D eigenvalue weighted by Gasteiger charge is 2.20. The Kier molecular flexibility index (Phi) is 6.35. The van der Waals surface area contributed by atoms with Crippen molar-refractivity contribution in [1.29, 1.82) is 0 Å². The highest BCUT2D eigenvalue weighted by molar-refractivity contribution is 7.98. The Bertz CT molecular complexity index is 598. The molecule has 1 aliphatic heterocycles. The first-order valence-corrected chi connectivity index (χ1v) is 9.86. The number of hydrogen-bond donors (Lipinski definition) is 0. The summed E-state index contributed by atoms with van der Waals surface area (Å²) in [4.78, 5) is 12.3. The van der Waals surface area contributed by atoms with Crippen LogP contribution >= 0.6 is 11.8 Å². The Balaban J connectivity index is 1.33. The van der Waals surface area contributed by atoms with Gasteiger partial charge < -0.3 is 9.64 Å². The monoisotopic (exact) mass is 343 g/mol. The largest absolute Gasteiger partial charge is 0.494 e. The van der Waals surface area contributed by atoms with Crippen molar-refractivity contribution in [3.8, 4) is 5.75 Å². The van der Waals surface area contributed by atoms with Gasteiger partial charge in [0.15, 0.2) is 0 Å². The first kappa shape index (κ1) is 17.1. The van der Waals surface area contributed by atoms with Crippen LogP contribution in [0.1, 0.15) is 25.7 Å². The zero-order valence-electron chi connectivity index (χ0n) is 14.2. The second kappa shape index (κ2) is 8.92. The summed E-state index contributed by atoms with van der Waals surface area (Å²) >= 11 is 1.75. The van der Waals surface area contributed by atoms with Gasteiger partial charge >= 0.3 is 0 Å². The van der Waals surface area contributed by atoms with Crippen LogP contribution in [-0.4, -0.2) is 35.9 Å². The quantitative estimate of drug-likeness (QED) is 0.554. The lowest BCUT2D eigenvalue weighted by Gasteiger charge is -2.31. The second-order valence-electron chi connectivity index (χ2n) is 6.15. The van der Waals surface area contributed by atoms with Gasteiger partial charge in [0.05, 0.1) is 6.61 Å². The molecule has 0 bridgehead atoms. The summed E-state index contributed by atoms with van der Waals surface area (Å²) in [5.74, 6) is 2.64. The van der Waals surface area contributed by atoms with Gasteiger partial charge in [0, 0.05) is 30.4 Å². The third kappa shape index (κ3) is 4.87. The summed E-state index contributed by atoms with van der Waals surface area (Å²) in [6.45, 7) is 2.93. The van der Waals surface area contributed by atoms with Gasteiger partial charge in [-0.15, -0.1) is 11.8 Å². The van der Waals surface area contributed by atoms with Gasteiger partial charge in [0.25, 0.3) is 0 Å². The van der Waals surface area contributed by atoms with Gasteiger partial charge in [-0.2, -0.15) is 0 Å². The van der Waals surface area contributed by atoms with Gasteiger partial charge in [-0.25, -0.2) is 9.97 Å². The van der Waals surface area contributed by atoms with Gasteiger partial charge in [0.2, 0.25) is 5.95 Å². The van der Waals surface area contributed by atoms with Gasteiger partial charge in [-0.1, -0.05) is 0 Å². The smallest absolute Gasteiger partial charge is 0.225 e. The fourth-order valence-electron chi connectivity index (χ4n) is 3.11. The summed E-state index contributed by atoms with van der Waals surface area (Å²) in [6, 6.07) is 10.2. The van der Waals surface area contributed by atoms with Crippen molar-refractivity contribution in [2.75, 3.05) is 30.9 Å². The minimum Gasteiger partial charge on any atom is -0.494 e. The van der Waals surface area contributed by atoms with E-state index in [1.165, 1.54) is 24.2 Å². The number of benzene rings is 1. The Morgan fingerprint density at radius 3 is 2.50 bits per heavy atom. The molecule has 4 nitrogen and oxygen atoms in total. The fraction of sp³-hybridized carbons (Fsp3) is 0.474. The average molecular weight is 343 g/mol. The molecule has 1 aliphatic rings. The van der Waals surface area contributed by atoms with Crippen LogP contribution in [0, 0.1) is 5.92 Å². The SMILES string of the molecule is CSc1ccc(OCCCC2CCN(c3ncccn3)CC2)cc1. The van der Waals surface area contributed by atoms with Crippen molar-refractivity contribution in [3.05, 3.63) is 42.7 Å². The van der Waals surface area contributed by atoms with E-state index in [2.05, 4.69) is 45.4 Å². The molecule has 0 N–H and O–H groups in total. The number of rotatable bonds is 7. The molecule has 128 valence electrons. The van der Waals surface area contributed by atoms with E-state index >= 15 is 0 Å². The molecule has 1 saturated heterocycles. The predicted molar refractivity (Wildman–Crippen MR) is 99.9 cm³/mol. The predicted octanol–water partition coefficient (Wildman–Crippen LogP) is 4.27. The molecule has 3 rings (SSSR count). The van der Waals surface area contributed by atoms with Gasteiger partial charge in [0.1, 0.15) is 5.75 Å². The molecule has 0 radical (unpaired) electrons. The Labute approximate surface area is 148 Å². The van der Waals surface area contributed by atoms with Crippen molar-refractivity contribution < 1.29 is 4.74 Å². The second-order valence-corrected chi connectivity index (χ2v) is 7.03. The fourth-order valence-corrected chi connectivity index (χ4v) is 3.52. The molecule has 0 saturated carbocycles. The third-order valence-electron chi connectivity index (χ3n) is 4.53. The lowest BCUT2D eigenvalue weighted by molar-refractivity contribution is 0.279. The van der Waals surface area contributed by atoms with Crippen molar-refractivity contribution in [3.63, 3.8) is 0 Å². The molecule has 1 fully saturated rings. The molecular weight excluding hydrogens is 318 g/mol. The van der Waals surface area contributed by atoms with E-state index in [9.17, 15) is 0 Å². The van der Waals surface area contributed by atoms with Gasteiger partial charge in [-0.05, 0) is 68.2 Å². The van der Waals surface area contributed by atoms with E-state index in [1.807, 2.05) is 18.5 Å². The van der Waals surface area contributed by atoms with Crippen LogP contribution in [0.15, 0.2) is 47.6 Å². The van der Waals surface area contributed by atoms with Crippen molar-refractivity contribution in [2.45, 2.75) is 30.6 Å². The highest BCUT2D eigenvalue weighted by Crippen LogP contribution is 2.24. The molecular formula is C19H25N3OS. The molecule has 0 unspecified atom stereocenters. The Hall–Kier alpha value is -1.75. The van der Waals surface area contributed by atoms with Crippen LogP contribution in [-0.2, 0) is 0 Å². The van der Waals surface area contributed by atoms with Crippen molar-refractivity contribution >= 4 is 17.7 Å². The van der Waals surface area contributed by atoms with Gasteiger partial charge in [-0.3, -0.25) is 0 Å². The van der Waals surface area contributed by atoms with E-state index in [0.717, 1.165) is 43.7 Å². The van der Waals surface area contributed by atoms with Crippen LogP contribution in [0.3, 0.4) is 0 Å². The summed E-state index contributed by atoms with van der Waals surface area (Å²) in [5, 5.41) is 0. The average Bonchev–Trinajstić information content (AvgIpc) is 2.67. The van der Waals surface area contributed by atoms with E-state index in [1.54, 1.807) is 11.8 Å². The molecule has 0 amide bonds. The lowest BCUT2D eigenvalue weighted by Crippen LogP contribution is -2.34. The topological polar surface area (TPSA) is 38.2 Å². The number of anilines is 1. The Morgan fingerprint density at radius 2 is 1.83 bits per heavy atom. The number of hydrogen-bond acceptors (Lipinski definition) is 5. The first-order valence-electron chi connectivity index (χ1n) is 8.64. The first-order chi connectivity index (χ1) is 11.8. The molecule has 2 heterocycles. The van der Waals surface area contributed by atoms with E-state index in [4.69, 9.17) is 4.74 Å². The van der Waals surface area contributed by atoms with Crippen LogP contribution < -0.4 is 9.64 Å². The van der Waals surface area contributed by atoms with Crippen LogP contribution in [0.25, 0.3) is 0 Å². The minimum absolute atomic E-state index is 0.799. The summed E-state index contributed by atoms with van der Waals surface area (Å²) in [6.07, 6.45) is 10.5. The summed E-state index contributed by atoms with van der Waals surface area (Å²) < 4.78 is 5.85. The van der Waals surface area contributed by atoms with Crippen LogP contribution in [0.5, 0.6) is 5.75 Å². The number of aromatic nitrogens is 2. The van der Waals surface area contributed by atoms with E-state index in [-0.39, 0.29) is 0 Å². The molecule has 0 atom stereocenters. The number of ether oxygens (including phenoxy) is 1. The Morgan fingerprint density at radius 1 is 1.12 bits per heavy atom. The maximum Gasteiger partial charge on any atom is 0.225 e. The highest BCUT2D eigenvalue weighted by atomic mass is 32.2.